The molecule has 1 amide bonds. The van der Waals surface area contributed by atoms with E-state index in [0.717, 1.165) is 37.6 Å². The number of rotatable bonds is 4. The molecule has 1 aliphatic rings. The van der Waals surface area contributed by atoms with E-state index in [-0.39, 0.29) is 11.9 Å². The van der Waals surface area contributed by atoms with Gasteiger partial charge in [-0.3, -0.25) is 9.69 Å². The highest BCUT2D eigenvalue weighted by Gasteiger charge is 2.26. The largest absolute Gasteiger partial charge is 0.506 e. The van der Waals surface area contributed by atoms with Gasteiger partial charge in [0.25, 0.3) is 0 Å². The highest BCUT2D eigenvalue weighted by Crippen LogP contribution is 2.27. The molecule has 1 fully saturated rings. The summed E-state index contributed by atoms with van der Waals surface area (Å²) in [4.78, 5) is 16.7. The summed E-state index contributed by atoms with van der Waals surface area (Å²) in [6, 6.07) is 16.7. The quantitative estimate of drug-likeness (QED) is 0.907. The first kappa shape index (κ1) is 16.3. The first-order valence-electron chi connectivity index (χ1n) is 8.28. The molecule has 1 atom stereocenters. The van der Waals surface area contributed by atoms with E-state index in [4.69, 9.17) is 0 Å². The minimum atomic E-state index is -0.184. The molecule has 5 nitrogen and oxygen atoms in total. The second-order valence-electron chi connectivity index (χ2n) is 6.04. The topological polar surface area (TPSA) is 55.8 Å². The van der Waals surface area contributed by atoms with E-state index >= 15 is 0 Å². The molecule has 1 heterocycles. The third-order valence-corrected chi connectivity index (χ3v) is 4.51. The first-order valence-corrected chi connectivity index (χ1v) is 8.28. The first-order chi connectivity index (χ1) is 11.6. The zero-order valence-electron chi connectivity index (χ0n) is 13.9. The summed E-state index contributed by atoms with van der Waals surface area (Å²) in [5.74, 6) is 0.318. The molecular weight excluding hydrogens is 302 g/mol. The van der Waals surface area contributed by atoms with Crippen molar-refractivity contribution in [2.75, 3.05) is 36.4 Å². The summed E-state index contributed by atoms with van der Waals surface area (Å²) < 4.78 is 0. The van der Waals surface area contributed by atoms with Gasteiger partial charge < -0.3 is 15.3 Å². The molecule has 24 heavy (non-hydrogen) atoms. The Morgan fingerprint density at radius 1 is 1.00 bits per heavy atom. The molecule has 0 bridgehead atoms. The lowest BCUT2D eigenvalue weighted by molar-refractivity contribution is -0.120. The smallest absolute Gasteiger partial charge is 0.241 e. The molecule has 0 spiro atoms. The van der Waals surface area contributed by atoms with Crippen molar-refractivity contribution in [3.05, 3.63) is 54.6 Å². The zero-order valence-corrected chi connectivity index (χ0v) is 13.9. The van der Waals surface area contributed by atoms with Crippen molar-refractivity contribution >= 4 is 17.3 Å². The van der Waals surface area contributed by atoms with Crippen molar-refractivity contribution < 1.29 is 9.90 Å². The van der Waals surface area contributed by atoms with Crippen LogP contribution in [-0.4, -0.2) is 48.1 Å². The van der Waals surface area contributed by atoms with Crippen molar-refractivity contribution in [1.29, 1.82) is 0 Å². The van der Waals surface area contributed by atoms with E-state index in [9.17, 15) is 9.90 Å². The maximum absolute atomic E-state index is 12.4. The molecule has 1 saturated heterocycles. The Balaban J connectivity index is 1.56. The van der Waals surface area contributed by atoms with E-state index in [1.165, 1.54) is 0 Å². The number of nitrogens with zero attached hydrogens (tertiary/aromatic N) is 2. The van der Waals surface area contributed by atoms with Gasteiger partial charge in [0.05, 0.1) is 11.7 Å². The number of hydrogen-bond acceptors (Lipinski definition) is 4. The van der Waals surface area contributed by atoms with E-state index in [1.54, 1.807) is 6.07 Å². The van der Waals surface area contributed by atoms with Crippen LogP contribution < -0.4 is 10.2 Å². The van der Waals surface area contributed by atoms with Crippen molar-refractivity contribution in [2.45, 2.75) is 13.0 Å². The van der Waals surface area contributed by atoms with Crippen LogP contribution in [0, 0.1) is 0 Å². The minimum Gasteiger partial charge on any atom is -0.506 e. The summed E-state index contributed by atoms with van der Waals surface area (Å²) in [5, 5.41) is 12.9. The number of nitrogens with one attached hydrogen (secondary N) is 1. The Kier molecular flexibility index (Phi) is 5.01. The van der Waals surface area contributed by atoms with Gasteiger partial charge in [0.2, 0.25) is 5.91 Å². The van der Waals surface area contributed by atoms with Crippen LogP contribution in [0.5, 0.6) is 5.75 Å². The third-order valence-electron chi connectivity index (χ3n) is 4.51. The fraction of sp³-hybridized carbons (Fsp3) is 0.316. The second-order valence-corrected chi connectivity index (χ2v) is 6.04. The number of aromatic hydroxyl groups is 1. The number of hydrogen-bond donors (Lipinski definition) is 2. The summed E-state index contributed by atoms with van der Waals surface area (Å²) in [7, 11) is 0. The van der Waals surface area contributed by atoms with Gasteiger partial charge in [-0.15, -0.1) is 0 Å². The Labute approximate surface area is 142 Å². The lowest BCUT2D eigenvalue weighted by Gasteiger charge is -2.38. The minimum absolute atomic E-state index is 0.0113. The van der Waals surface area contributed by atoms with Gasteiger partial charge in [-0.2, -0.15) is 0 Å². The van der Waals surface area contributed by atoms with Gasteiger partial charge in [-0.1, -0.05) is 30.3 Å². The van der Waals surface area contributed by atoms with E-state index in [2.05, 4.69) is 15.1 Å². The fourth-order valence-electron chi connectivity index (χ4n) is 3.02. The number of piperazine rings is 1. The fourth-order valence-corrected chi connectivity index (χ4v) is 3.02. The molecule has 5 heteroatoms. The summed E-state index contributed by atoms with van der Waals surface area (Å²) in [5.41, 5.74) is 1.68. The number of anilines is 2. The van der Waals surface area contributed by atoms with Crippen LogP contribution in [0.15, 0.2) is 54.6 Å². The number of phenolic OH excluding ortho intramolecular Hbond substituents is 1. The number of amides is 1. The van der Waals surface area contributed by atoms with E-state index in [0.29, 0.717) is 5.75 Å². The molecule has 0 aromatic heterocycles. The van der Waals surface area contributed by atoms with Crippen molar-refractivity contribution in [1.82, 2.24) is 4.90 Å². The van der Waals surface area contributed by atoms with Gasteiger partial charge >= 0.3 is 0 Å². The van der Waals surface area contributed by atoms with E-state index < -0.39 is 0 Å². The SMILES string of the molecule is C[C@H](C(=O)Nc1ccccc1)N1CCN(c2ccccc2O)CC1. The molecule has 126 valence electrons. The Morgan fingerprint density at radius 2 is 1.62 bits per heavy atom. The number of benzene rings is 2. The number of phenols is 1. The number of carbonyl (C=O) groups is 1. The average molecular weight is 325 g/mol. The zero-order chi connectivity index (χ0) is 16.9. The molecule has 2 aromatic rings. The van der Waals surface area contributed by atoms with Gasteiger partial charge in [-0.25, -0.2) is 0 Å². The standard InChI is InChI=1S/C19H23N3O2/c1-15(19(24)20-16-7-3-2-4-8-16)21-11-13-22(14-12-21)17-9-5-6-10-18(17)23/h2-10,15,23H,11-14H2,1H3,(H,20,24)/t15-/m1/s1. The maximum atomic E-state index is 12.4. The molecule has 0 unspecified atom stereocenters. The van der Waals surface area contributed by atoms with Crippen LogP contribution in [0.3, 0.4) is 0 Å². The number of carbonyl (C=O) groups excluding carboxylic acids is 1. The van der Waals surface area contributed by atoms with Crippen LogP contribution in [0.2, 0.25) is 0 Å². The molecule has 0 saturated carbocycles. The maximum Gasteiger partial charge on any atom is 0.241 e. The Bertz CT molecular complexity index is 682. The monoisotopic (exact) mass is 325 g/mol. The summed E-state index contributed by atoms with van der Waals surface area (Å²) in [6.07, 6.45) is 0. The molecular formula is C19H23N3O2. The predicted molar refractivity (Wildman–Crippen MR) is 96.4 cm³/mol. The molecule has 1 aliphatic heterocycles. The van der Waals surface area contributed by atoms with Crippen LogP contribution in [-0.2, 0) is 4.79 Å². The summed E-state index contributed by atoms with van der Waals surface area (Å²) in [6.45, 7) is 5.10. The van der Waals surface area contributed by atoms with Gasteiger partial charge in [0.15, 0.2) is 0 Å². The Morgan fingerprint density at radius 3 is 2.29 bits per heavy atom. The van der Waals surface area contributed by atoms with Crippen molar-refractivity contribution in [2.24, 2.45) is 0 Å². The summed E-state index contributed by atoms with van der Waals surface area (Å²) >= 11 is 0. The molecule has 0 aliphatic carbocycles. The van der Waals surface area contributed by atoms with Crippen molar-refractivity contribution in [3.8, 4) is 5.75 Å². The number of para-hydroxylation sites is 3. The highest BCUT2D eigenvalue weighted by atomic mass is 16.3. The predicted octanol–water partition coefficient (Wildman–Crippen LogP) is 2.54. The lowest BCUT2D eigenvalue weighted by Crippen LogP contribution is -2.52. The molecule has 3 rings (SSSR count). The second kappa shape index (κ2) is 7.36. The van der Waals surface area contributed by atoms with Crippen LogP contribution in [0.1, 0.15) is 6.92 Å². The van der Waals surface area contributed by atoms with Gasteiger partial charge in [0.1, 0.15) is 5.75 Å². The Hall–Kier alpha value is -2.53. The van der Waals surface area contributed by atoms with Crippen LogP contribution in [0.25, 0.3) is 0 Å². The molecule has 0 radical (unpaired) electrons. The lowest BCUT2D eigenvalue weighted by atomic mass is 10.2. The third kappa shape index (κ3) is 3.68. The van der Waals surface area contributed by atoms with Crippen LogP contribution in [0.4, 0.5) is 11.4 Å². The van der Waals surface area contributed by atoms with E-state index in [1.807, 2.05) is 55.5 Å². The van der Waals surface area contributed by atoms with Gasteiger partial charge in [-0.05, 0) is 31.2 Å². The average Bonchev–Trinajstić information content (AvgIpc) is 2.62. The molecule has 2 N–H and O–H groups in total. The van der Waals surface area contributed by atoms with Crippen molar-refractivity contribution in [3.63, 3.8) is 0 Å². The van der Waals surface area contributed by atoms with Gasteiger partial charge in [0, 0.05) is 31.9 Å². The van der Waals surface area contributed by atoms with Crippen LogP contribution >= 0.6 is 0 Å². The molecule has 2 aromatic carbocycles. The normalized spacial score (nSPS) is 16.6. The highest BCUT2D eigenvalue weighted by molar-refractivity contribution is 5.94.